The topological polar surface area (TPSA) is 62.2 Å². The zero-order valence-corrected chi connectivity index (χ0v) is 28.4. The second kappa shape index (κ2) is 18.4. The molecule has 9 heteroatoms. The van der Waals surface area contributed by atoms with Gasteiger partial charge in [0.25, 0.3) is 0 Å². The number of likely N-dealkylation sites (tertiary alicyclic amines) is 2. The van der Waals surface area contributed by atoms with Gasteiger partial charge in [-0.05, 0) is 48.2 Å². The van der Waals surface area contributed by atoms with Crippen molar-refractivity contribution in [2.45, 2.75) is 50.9 Å². The Morgan fingerprint density at radius 1 is 0.640 bits per heavy atom. The van der Waals surface area contributed by atoms with Crippen molar-refractivity contribution in [2.75, 3.05) is 39.4 Å². The number of ketones is 1. The zero-order chi connectivity index (χ0) is 35.2. The fourth-order valence-electron chi connectivity index (χ4n) is 6.58. The van der Waals surface area contributed by atoms with Crippen LogP contribution in [0.15, 0.2) is 121 Å². The van der Waals surface area contributed by atoms with E-state index < -0.39 is 24.3 Å². The van der Waals surface area contributed by atoms with Gasteiger partial charge in [0.1, 0.15) is 6.61 Å². The summed E-state index contributed by atoms with van der Waals surface area (Å²) in [7, 11) is 0. The minimum atomic E-state index is -4.74. The van der Waals surface area contributed by atoms with E-state index in [9.17, 15) is 23.1 Å². The van der Waals surface area contributed by atoms with Crippen LogP contribution < -0.4 is 0 Å². The summed E-state index contributed by atoms with van der Waals surface area (Å²) in [6.45, 7) is 4.08. The highest BCUT2D eigenvalue weighted by atomic mass is 19.4. The van der Waals surface area contributed by atoms with E-state index in [4.69, 9.17) is 9.47 Å². The largest absolute Gasteiger partial charge is 0.419 e. The van der Waals surface area contributed by atoms with Crippen LogP contribution in [0.4, 0.5) is 13.2 Å². The zero-order valence-electron chi connectivity index (χ0n) is 28.4. The van der Waals surface area contributed by atoms with Crippen LogP contribution in [0.3, 0.4) is 0 Å². The Balaban J connectivity index is 0.000000197. The maximum absolute atomic E-state index is 13.7. The molecule has 0 amide bonds. The molecule has 1 N–H and O–H groups in total. The molecule has 3 atom stereocenters. The van der Waals surface area contributed by atoms with Gasteiger partial charge < -0.3 is 14.6 Å². The quantitative estimate of drug-likeness (QED) is 0.150. The molecule has 3 unspecified atom stereocenters. The summed E-state index contributed by atoms with van der Waals surface area (Å²) in [5.74, 6) is -0.553. The van der Waals surface area contributed by atoms with Gasteiger partial charge in [-0.3, -0.25) is 14.6 Å². The van der Waals surface area contributed by atoms with Crippen molar-refractivity contribution in [2.24, 2.45) is 11.8 Å². The molecular weight excluding hydrogens is 641 g/mol. The molecule has 6 rings (SSSR count). The number of carbonyl (C=O) groups is 1. The van der Waals surface area contributed by atoms with Crippen molar-refractivity contribution >= 4 is 5.78 Å². The van der Waals surface area contributed by atoms with E-state index in [1.54, 1.807) is 24.3 Å². The van der Waals surface area contributed by atoms with Crippen molar-refractivity contribution in [3.63, 3.8) is 0 Å². The van der Waals surface area contributed by atoms with Crippen LogP contribution in [0.25, 0.3) is 0 Å². The highest BCUT2D eigenvalue weighted by molar-refractivity contribution is 5.82. The molecule has 2 aliphatic rings. The Labute approximate surface area is 293 Å². The molecule has 0 saturated carbocycles. The molecule has 0 aromatic heterocycles. The first-order valence-corrected chi connectivity index (χ1v) is 17.3. The number of hydrogen-bond acceptors (Lipinski definition) is 6. The third-order valence-corrected chi connectivity index (χ3v) is 9.45. The highest BCUT2D eigenvalue weighted by Gasteiger charge is 2.59. The van der Waals surface area contributed by atoms with E-state index >= 15 is 0 Å². The fraction of sp³-hybridized carbons (Fsp3) is 0.390. The van der Waals surface area contributed by atoms with Crippen molar-refractivity contribution in [3.05, 3.63) is 144 Å². The van der Waals surface area contributed by atoms with Crippen LogP contribution in [0, 0.1) is 11.8 Å². The molecule has 0 radical (unpaired) electrons. The highest BCUT2D eigenvalue weighted by Crippen LogP contribution is 2.41. The average molecular weight is 689 g/mol. The van der Waals surface area contributed by atoms with Gasteiger partial charge >= 0.3 is 6.18 Å². The molecule has 4 aromatic rings. The Hall–Kier alpha value is -3.86. The summed E-state index contributed by atoms with van der Waals surface area (Å²) in [4.78, 5) is 16.6. The van der Waals surface area contributed by atoms with E-state index in [1.165, 1.54) is 5.56 Å². The number of carbonyl (C=O) groups excluding carboxylic acids is 1. The Bertz CT molecular complexity index is 1560. The second-order valence-corrected chi connectivity index (χ2v) is 13.3. The molecule has 266 valence electrons. The van der Waals surface area contributed by atoms with Crippen LogP contribution in [-0.2, 0) is 40.6 Å². The number of halogens is 3. The summed E-state index contributed by atoms with van der Waals surface area (Å²) in [5.41, 5.74) is 1.40. The number of nitrogens with zero attached hydrogens (tertiary/aromatic N) is 2. The average Bonchev–Trinajstić information content (AvgIpc) is 3.80. The number of hydrogen-bond donors (Lipinski definition) is 1. The molecule has 50 heavy (non-hydrogen) atoms. The predicted molar refractivity (Wildman–Crippen MR) is 188 cm³/mol. The first kappa shape index (κ1) is 37.4. The van der Waals surface area contributed by atoms with E-state index in [1.807, 2.05) is 77.7 Å². The summed E-state index contributed by atoms with van der Waals surface area (Å²) >= 11 is 0. The molecule has 6 nitrogen and oxygen atoms in total. The fourth-order valence-corrected chi connectivity index (χ4v) is 6.58. The van der Waals surface area contributed by atoms with Crippen molar-refractivity contribution in [1.29, 1.82) is 0 Å². The molecule has 2 aliphatic heterocycles. The maximum Gasteiger partial charge on any atom is 0.419 e. The van der Waals surface area contributed by atoms with E-state index in [0.29, 0.717) is 19.7 Å². The summed E-state index contributed by atoms with van der Waals surface area (Å²) in [5, 5.41) is 10.5. The van der Waals surface area contributed by atoms with Gasteiger partial charge in [-0.1, -0.05) is 121 Å². The van der Waals surface area contributed by atoms with Gasteiger partial charge in [-0.2, -0.15) is 13.2 Å². The number of rotatable bonds is 14. The van der Waals surface area contributed by atoms with Gasteiger partial charge in [0.05, 0.1) is 19.8 Å². The predicted octanol–water partition coefficient (Wildman–Crippen LogP) is 7.31. The molecule has 2 fully saturated rings. The Morgan fingerprint density at radius 3 is 1.58 bits per heavy atom. The molecule has 0 bridgehead atoms. The van der Waals surface area contributed by atoms with Crippen LogP contribution >= 0.6 is 0 Å². The number of Topliss-reactive ketones (excluding diaryl/α,β-unsaturated/α-hetero) is 1. The second-order valence-electron chi connectivity index (χ2n) is 13.3. The third kappa shape index (κ3) is 11.1. The lowest BCUT2D eigenvalue weighted by Crippen LogP contribution is -2.55. The minimum Gasteiger partial charge on any atom is -0.378 e. The lowest BCUT2D eigenvalue weighted by molar-refractivity contribution is -0.293. The number of ether oxygens (including phenoxy) is 2. The van der Waals surface area contributed by atoms with E-state index in [-0.39, 0.29) is 37.9 Å². The van der Waals surface area contributed by atoms with Crippen LogP contribution in [-0.4, -0.2) is 71.9 Å². The van der Waals surface area contributed by atoms with Gasteiger partial charge in [0, 0.05) is 38.0 Å². The molecule has 0 aliphatic carbocycles. The SMILES string of the molecule is O=C(COCc1ccccc1)C1CCN(Cc2ccccc2)C1.OC(COCc1ccccc1)(C1CCN(Cc2ccccc2)C1)C(F)(F)F. The number of alkyl halides is 3. The van der Waals surface area contributed by atoms with E-state index in [2.05, 4.69) is 29.2 Å². The lowest BCUT2D eigenvalue weighted by atomic mass is 9.86. The van der Waals surface area contributed by atoms with Gasteiger partial charge in [0.2, 0.25) is 0 Å². The number of aliphatic hydroxyl groups is 1. The number of benzene rings is 4. The first-order valence-electron chi connectivity index (χ1n) is 17.3. The van der Waals surface area contributed by atoms with Crippen LogP contribution in [0.1, 0.15) is 35.1 Å². The van der Waals surface area contributed by atoms with Gasteiger partial charge in [-0.15, -0.1) is 0 Å². The van der Waals surface area contributed by atoms with Crippen LogP contribution in [0.2, 0.25) is 0 Å². The summed E-state index contributed by atoms with van der Waals surface area (Å²) in [6.07, 6.45) is -3.50. The lowest BCUT2D eigenvalue weighted by Gasteiger charge is -2.35. The minimum absolute atomic E-state index is 0.0413. The maximum atomic E-state index is 13.7. The van der Waals surface area contributed by atoms with Crippen LogP contribution in [0.5, 0.6) is 0 Å². The smallest absolute Gasteiger partial charge is 0.378 e. The molecule has 0 spiro atoms. The molecular formula is C41H47F3N2O4. The van der Waals surface area contributed by atoms with Crippen molar-refractivity contribution in [3.8, 4) is 0 Å². The summed E-state index contributed by atoms with van der Waals surface area (Å²) < 4.78 is 51.9. The van der Waals surface area contributed by atoms with Crippen molar-refractivity contribution < 1.29 is 32.5 Å². The normalized spacial score (nSPS) is 19.4. The monoisotopic (exact) mass is 688 g/mol. The van der Waals surface area contributed by atoms with Crippen molar-refractivity contribution in [1.82, 2.24) is 9.80 Å². The Morgan fingerprint density at radius 2 is 1.08 bits per heavy atom. The molecule has 4 aromatic carbocycles. The molecule has 2 saturated heterocycles. The third-order valence-electron chi connectivity index (χ3n) is 9.45. The molecule has 2 heterocycles. The van der Waals surface area contributed by atoms with E-state index in [0.717, 1.165) is 42.7 Å². The Kier molecular flexibility index (Phi) is 13.8. The summed E-state index contributed by atoms with van der Waals surface area (Å²) in [6, 6.07) is 39.0. The van der Waals surface area contributed by atoms with Gasteiger partial charge in [0.15, 0.2) is 11.4 Å². The van der Waals surface area contributed by atoms with Gasteiger partial charge in [-0.25, -0.2) is 0 Å². The first-order chi connectivity index (χ1) is 24.2. The standard InChI is InChI=1S/C21H24F3NO2.C20H23NO2/c22-21(23,24)20(26,16-27-15-18-9-5-2-6-10-18)19-11-12-25(14-19)13-17-7-3-1-4-8-17;22-20(16-23-15-18-9-5-2-6-10-18)19-11-12-21(14-19)13-17-7-3-1-4-8-17/h1-10,19,26H,11-16H2;1-10,19H,11-16H2.